The van der Waals surface area contributed by atoms with E-state index in [4.69, 9.17) is 9.84 Å². The first-order valence-electron chi connectivity index (χ1n) is 9.50. The van der Waals surface area contributed by atoms with Gasteiger partial charge in [-0.15, -0.1) is 0 Å². The Hall–Kier alpha value is -2.34. The van der Waals surface area contributed by atoms with Crippen LogP contribution in [0.25, 0.3) is 0 Å². The molecule has 2 N–H and O–H groups in total. The number of benzene rings is 1. The summed E-state index contributed by atoms with van der Waals surface area (Å²) in [4.78, 5) is 12.3. The summed E-state index contributed by atoms with van der Waals surface area (Å²) in [5.41, 5.74) is 1.56. The number of aliphatic hydroxyl groups is 1. The van der Waals surface area contributed by atoms with Crippen LogP contribution < -0.4 is 5.32 Å². The van der Waals surface area contributed by atoms with Gasteiger partial charge in [0.25, 0.3) is 0 Å². The van der Waals surface area contributed by atoms with Gasteiger partial charge >= 0.3 is 6.09 Å². The molecule has 1 aromatic heterocycles. The molecule has 1 amide bonds. The van der Waals surface area contributed by atoms with E-state index in [2.05, 4.69) is 12.2 Å². The van der Waals surface area contributed by atoms with Crippen molar-refractivity contribution in [3.8, 4) is 0 Å². The van der Waals surface area contributed by atoms with Crippen molar-refractivity contribution in [1.82, 2.24) is 9.78 Å². The number of nitrogens with zero attached hydrogens (tertiary/aromatic N) is 2. The topological polar surface area (TPSA) is 76.4 Å². The highest BCUT2D eigenvalue weighted by atomic mass is 16.5. The van der Waals surface area contributed by atoms with Crippen molar-refractivity contribution < 1.29 is 14.6 Å². The summed E-state index contributed by atoms with van der Waals surface area (Å²) in [5, 5.41) is 17.6. The second-order valence-electron chi connectivity index (χ2n) is 8.44. The second kappa shape index (κ2) is 7.72. The van der Waals surface area contributed by atoms with Gasteiger partial charge < -0.3 is 9.84 Å². The summed E-state index contributed by atoms with van der Waals surface area (Å²) < 4.78 is 7.16. The maximum Gasteiger partial charge on any atom is 0.413 e. The highest BCUT2D eigenvalue weighted by molar-refractivity contribution is 5.83. The number of nitrogens with one attached hydrogen (secondary N) is 1. The number of anilines is 1. The molecule has 3 atom stereocenters. The van der Waals surface area contributed by atoms with Gasteiger partial charge in [-0.05, 0) is 45.1 Å². The maximum atomic E-state index is 12.3. The summed E-state index contributed by atoms with van der Waals surface area (Å²) >= 11 is 0. The van der Waals surface area contributed by atoms with Crippen LogP contribution in [0.1, 0.15) is 57.7 Å². The van der Waals surface area contributed by atoms with Crippen molar-refractivity contribution in [2.24, 2.45) is 5.92 Å². The molecule has 0 unspecified atom stereocenters. The first-order chi connectivity index (χ1) is 12.7. The van der Waals surface area contributed by atoms with Gasteiger partial charge in [0.15, 0.2) is 0 Å². The van der Waals surface area contributed by atoms with Gasteiger partial charge in [0.2, 0.25) is 0 Å². The summed E-state index contributed by atoms with van der Waals surface area (Å²) in [5.74, 6) is 1.09. The molecule has 2 aromatic rings. The Morgan fingerprint density at radius 1 is 1.30 bits per heavy atom. The van der Waals surface area contributed by atoms with E-state index in [0.717, 1.165) is 17.7 Å². The van der Waals surface area contributed by atoms with Crippen molar-refractivity contribution in [2.75, 3.05) is 5.32 Å². The number of rotatable bonds is 4. The molecule has 1 saturated carbocycles. The van der Waals surface area contributed by atoms with Crippen LogP contribution in [0, 0.1) is 5.92 Å². The summed E-state index contributed by atoms with van der Waals surface area (Å²) in [6.07, 6.45) is 0.818. The first-order valence-corrected chi connectivity index (χ1v) is 9.50. The normalized spacial score (nSPS) is 22.6. The third-order valence-corrected chi connectivity index (χ3v) is 5.06. The van der Waals surface area contributed by atoms with Crippen LogP contribution in [-0.4, -0.2) is 27.1 Å². The van der Waals surface area contributed by atoms with Gasteiger partial charge in [0, 0.05) is 12.0 Å². The van der Waals surface area contributed by atoms with Crippen molar-refractivity contribution in [1.29, 1.82) is 0 Å². The maximum absolute atomic E-state index is 12.3. The van der Waals surface area contributed by atoms with E-state index in [9.17, 15) is 9.90 Å². The van der Waals surface area contributed by atoms with E-state index in [1.54, 1.807) is 0 Å². The number of amides is 1. The smallest absolute Gasteiger partial charge is 0.413 e. The largest absolute Gasteiger partial charge is 0.444 e. The Kier molecular flexibility index (Phi) is 5.56. The van der Waals surface area contributed by atoms with E-state index in [-0.39, 0.29) is 30.1 Å². The minimum Gasteiger partial charge on any atom is -0.444 e. The lowest BCUT2D eigenvalue weighted by molar-refractivity contribution is 0.140. The average molecular weight is 371 g/mol. The molecule has 6 nitrogen and oxygen atoms in total. The molecule has 1 fully saturated rings. The van der Waals surface area contributed by atoms with Gasteiger partial charge in [-0.25, -0.2) is 9.48 Å². The molecule has 3 rings (SSSR count). The van der Waals surface area contributed by atoms with Gasteiger partial charge in [0.05, 0.1) is 17.3 Å². The molecule has 1 aliphatic rings. The lowest BCUT2D eigenvalue weighted by Gasteiger charge is -2.22. The van der Waals surface area contributed by atoms with Crippen molar-refractivity contribution in [3.05, 3.63) is 47.7 Å². The van der Waals surface area contributed by atoms with Gasteiger partial charge in [-0.1, -0.05) is 37.3 Å². The van der Waals surface area contributed by atoms with Crippen LogP contribution in [-0.2, 0) is 16.9 Å². The summed E-state index contributed by atoms with van der Waals surface area (Å²) in [6.45, 7) is 8.39. The fourth-order valence-corrected chi connectivity index (χ4v) is 3.53. The lowest BCUT2D eigenvalue weighted by Crippen LogP contribution is -2.27. The predicted molar refractivity (Wildman–Crippen MR) is 105 cm³/mol. The van der Waals surface area contributed by atoms with Gasteiger partial charge in [0.1, 0.15) is 12.4 Å². The minimum atomic E-state index is -0.504. The SMILES string of the molecule is C[C@@H]1C[C@H](c2cc(NC(=O)OCc3ccccc3)n(C(C)(C)C)n2)C[C@H]1O. The molecule has 146 valence electrons. The van der Waals surface area contributed by atoms with Crippen LogP contribution in [0.3, 0.4) is 0 Å². The van der Waals surface area contributed by atoms with Crippen molar-refractivity contribution >= 4 is 11.9 Å². The standard InChI is InChI=1S/C21H29N3O3/c1-14-10-16(11-18(14)25)17-12-19(24(23-17)21(2,3)4)22-20(26)27-13-15-8-6-5-7-9-15/h5-9,12,14,16,18,25H,10-11,13H2,1-4H3,(H,22,26)/t14-,16+,18-/m1/s1. The van der Waals surface area contributed by atoms with Crippen molar-refractivity contribution in [3.63, 3.8) is 0 Å². The molecule has 0 radical (unpaired) electrons. The van der Waals surface area contributed by atoms with Gasteiger partial charge in [-0.2, -0.15) is 5.10 Å². The summed E-state index contributed by atoms with van der Waals surface area (Å²) in [7, 11) is 0. The Bertz CT molecular complexity index is 770. The summed E-state index contributed by atoms with van der Waals surface area (Å²) in [6, 6.07) is 11.5. The highest BCUT2D eigenvalue weighted by Crippen LogP contribution is 2.39. The number of ether oxygens (including phenoxy) is 1. The molecule has 27 heavy (non-hydrogen) atoms. The van der Waals surface area contributed by atoms with Crippen LogP contribution in [0.15, 0.2) is 36.4 Å². The molecule has 0 saturated heterocycles. The zero-order chi connectivity index (χ0) is 19.6. The fourth-order valence-electron chi connectivity index (χ4n) is 3.53. The fraction of sp³-hybridized carbons (Fsp3) is 0.524. The predicted octanol–water partition coefficient (Wildman–Crippen LogP) is 4.26. The number of aromatic nitrogens is 2. The molecule has 1 aliphatic carbocycles. The molecule has 6 heteroatoms. The number of hydrogen-bond acceptors (Lipinski definition) is 4. The van der Waals surface area contributed by atoms with E-state index in [0.29, 0.717) is 12.2 Å². The molecule has 1 aromatic carbocycles. The first kappa shape index (κ1) is 19.4. The van der Waals surface area contributed by atoms with Crippen LogP contribution in [0.2, 0.25) is 0 Å². The minimum absolute atomic E-state index is 0.208. The second-order valence-corrected chi connectivity index (χ2v) is 8.44. The Labute approximate surface area is 160 Å². The van der Waals surface area contributed by atoms with Crippen LogP contribution in [0.5, 0.6) is 0 Å². The molecule has 1 heterocycles. The monoisotopic (exact) mass is 371 g/mol. The Morgan fingerprint density at radius 2 is 2.00 bits per heavy atom. The third kappa shape index (κ3) is 4.69. The van der Waals surface area contributed by atoms with Crippen molar-refractivity contribution in [2.45, 2.75) is 64.7 Å². The molecule has 0 spiro atoms. The number of hydrogen-bond donors (Lipinski definition) is 2. The van der Waals surface area contributed by atoms with E-state index < -0.39 is 6.09 Å². The number of carbonyl (C=O) groups is 1. The van der Waals surface area contributed by atoms with E-state index in [1.807, 2.05) is 61.9 Å². The highest BCUT2D eigenvalue weighted by Gasteiger charge is 2.33. The zero-order valence-corrected chi connectivity index (χ0v) is 16.5. The zero-order valence-electron chi connectivity index (χ0n) is 16.5. The Morgan fingerprint density at radius 3 is 2.59 bits per heavy atom. The molecule has 0 bridgehead atoms. The number of carbonyl (C=O) groups excluding carboxylic acids is 1. The molecule has 0 aliphatic heterocycles. The van der Waals surface area contributed by atoms with E-state index in [1.165, 1.54) is 0 Å². The average Bonchev–Trinajstić information content (AvgIpc) is 3.18. The van der Waals surface area contributed by atoms with Crippen LogP contribution in [0.4, 0.5) is 10.6 Å². The number of aliphatic hydroxyl groups excluding tert-OH is 1. The van der Waals surface area contributed by atoms with Gasteiger partial charge in [-0.3, -0.25) is 5.32 Å². The lowest BCUT2D eigenvalue weighted by atomic mass is 10.0. The van der Waals surface area contributed by atoms with Crippen LogP contribution >= 0.6 is 0 Å². The quantitative estimate of drug-likeness (QED) is 0.842. The third-order valence-electron chi connectivity index (χ3n) is 5.06. The molecular formula is C21H29N3O3. The Balaban J connectivity index is 1.72. The van der Waals surface area contributed by atoms with E-state index >= 15 is 0 Å². The molecular weight excluding hydrogens is 342 g/mol.